The SMILES string of the molecule is Cc1nn(CN2CCN(Cc3ccc(Cl)s3)CC2)c(=S)n1C1CC1. The molecule has 1 aliphatic carbocycles. The fraction of sp³-hybridized carbons (Fsp3) is 0.625. The van der Waals surface area contributed by atoms with Gasteiger partial charge in [0, 0.05) is 43.6 Å². The van der Waals surface area contributed by atoms with Crippen LogP contribution in [0.25, 0.3) is 0 Å². The van der Waals surface area contributed by atoms with Crippen LogP contribution in [0, 0.1) is 11.7 Å². The van der Waals surface area contributed by atoms with Crippen molar-refractivity contribution in [1.82, 2.24) is 24.1 Å². The first-order chi connectivity index (χ1) is 11.6. The number of rotatable bonds is 5. The van der Waals surface area contributed by atoms with Crippen molar-refractivity contribution in [2.24, 2.45) is 0 Å². The van der Waals surface area contributed by atoms with Crippen LogP contribution in [0.2, 0.25) is 4.34 Å². The molecular weight excluding hydrogens is 362 g/mol. The maximum atomic E-state index is 6.02. The zero-order valence-electron chi connectivity index (χ0n) is 13.8. The number of halogens is 1. The summed E-state index contributed by atoms with van der Waals surface area (Å²) in [7, 11) is 0. The van der Waals surface area contributed by atoms with E-state index in [0.717, 1.165) is 54.3 Å². The largest absolute Gasteiger partial charge is 0.301 e. The number of aryl methyl sites for hydroxylation is 1. The van der Waals surface area contributed by atoms with E-state index in [-0.39, 0.29) is 0 Å². The maximum absolute atomic E-state index is 6.02. The minimum atomic E-state index is 0.598. The first-order valence-electron chi connectivity index (χ1n) is 8.45. The lowest BCUT2D eigenvalue weighted by atomic mass is 10.3. The molecule has 0 aromatic carbocycles. The van der Waals surface area contributed by atoms with Gasteiger partial charge in [-0.15, -0.1) is 11.3 Å². The van der Waals surface area contributed by atoms with Crippen molar-refractivity contribution >= 4 is 35.2 Å². The molecule has 0 amide bonds. The summed E-state index contributed by atoms with van der Waals surface area (Å²) >= 11 is 13.3. The molecule has 0 atom stereocenters. The lowest BCUT2D eigenvalue weighted by Gasteiger charge is -2.34. The molecule has 2 fully saturated rings. The first-order valence-corrected chi connectivity index (χ1v) is 10.1. The lowest BCUT2D eigenvalue weighted by Crippen LogP contribution is -2.46. The van der Waals surface area contributed by atoms with Crippen molar-refractivity contribution in [3.05, 3.63) is 31.9 Å². The molecular formula is C16H22ClN5S2. The number of aromatic nitrogens is 3. The zero-order chi connectivity index (χ0) is 16.7. The Hall–Kier alpha value is -0.730. The van der Waals surface area contributed by atoms with Crippen LogP contribution in [-0.2, 0) is 13.2 Å². The highest BCUT2D eigenvalue weighted by Crippen LogP contribution is 2.35. The molecule has 0 radical (unpaired) electrons. The van der Waals surface area contributed by atoms with E-state index >= 15 is 0 Å². The van der Waals surface area contributed by atoms with Gasteiger partial charge in [-0.1, -0.05) is 11.6 Å². The van der Waals surface area contributed by atoms with E-state index in [1.54, 1.807) is 11.3 Å². The Kier molecular flexibility index (Phi) is 4.79. The smallest absolute Gasteiger partial charge is 0.199 e. The van der Waals surface area contributed by atoms with E-state index in [4.69, 9.17) is 23.8 Å². The Morgan fingerprint density at radius 3 is 2.54 bits per heavy atom. The van der Waals surface area contributed by atoms with Gasteiger partial charge in [-0.25, -0.2) is 4.68 Å². The summed E-state index contributed by atoms with van der Waals surface area (Å²) in [5, 5.41) is 4.66. The number of nitrogens with zero attached hydrogens (tertiary/aromatic N) is 5. The average molecular weight is 384 g/mol. The van der Waals surface area contributed by atoms with Crippen molar-refractivity contribution in [3.63, 3.8) is 0 Å². The second-order valence-electron chi connectivity index (χ2n) is 6.67. The lowest BCUT2D eigenvalue weighted by molar-refractivity contribution is 0.0985. The molecule has 5 nitrogen and oxygen atoms in total. The van der Waals surface area contributed by atoms with Crippen molar-refractivity contribution in [2.45, 2.75) is 39.0 Å². The predicted molar refractivity (Wildman–Crippen MR) is 100 cm³/mol. The Morgan fingerprint density at radius 1 is 1.21 bits per heavy atom. The third-order valence-electron chi connectivity index (χ3n) is 4.76. The molecule has 2 aromatic heterocycles. The maximum Gasteiger partial charge on any atom is 0.199 e. The topological polar surface area (TPSA) is 29.2 Å². The summed E-state index contributed by atoms with van der Waals surface area (Å²) in [6.45, 7) is 8.12. The molecule has 3 heterocycles. The molecule has 8 heteroatoms. The summed E-state index contributed by atoms with van der Waals surface area (Å²) in [6, 6.07) is 4.71. The van der Waals surface area contributed by atoms with Crippen LogP contribution >= 0.6 is 35.2 Å². The Morgan fingerprint density at radius 2 is 1.92 bits per heavy atom. The molecule has 2 aliphatic rings. The van der Waals surface area contributed by atoms with E-state index in [1.165, 1.54) is 17.7 Å². The van der Waals surface area contributed by atoms with Gasteiger partial charge in [-0.05, 0) is 44.1 Å². The summed E-state index contributed by atoms with van der Waals surface area (Å²) in [5.41, 5.74) is 0. The predicted octanol–water partition coefficient (Wildman–Crippen LogP) is 3.55. The van der Waals surface area contributed by atoms with Crippen LogP contribution in [0.4, 0.5) is 0 Å². The van der Waals surface area contributed by atoms with Gasteiger partial charge in [0.1, 0.15) is 5.82 Å². The normalized spacial score (nSPS) is 19.9. The molecule has 0 spiro atoms. The molecule has 130 valence electrons. The van der Waals surface area contributed by atoms with Crippen molar-refractivity contribution in [3.8, 4) is 0 Å². The Bertz CT molecular complexity index is 768. The van der Waals surface area contributed by atoms with Gasteiger partial charge in [-0.3, -0.25) is 9.80 Å². The fourth-order valence-corrected chi connectivity index (χ4v) is 4.82. The van der Waals surface area contributed by atoms with Gasteiger partial charge in [0.2, 0.25) is 0 Å². The van der Waals surface area contributed by atoms with Gasteiger partial charge in [0.15, 0.2) is 4.77 Å². The van der Waals surface area contributed by atoms with Crippen LogP contribution in [-0.4, -0.2) is 50.3 Å². The van der Waals surface area contributed by atoms with Crippen LogP contribution in [0.15, 0.2) is 12.1 Å². The second-order valence-corrected chi connectivity index (χ2v) is 8.84. The number of hydrogen-bond acceptors (Lipinski definition) is 5. The molecule has 4 rings (SSSR count). The van der Waals surface area contributed by atoms with E-state index in [2.05, 4.69) is 32.5 Å². The molecule has 1 saturated carbocycles. The zero-order valence-corrected chi connectivity index (χ0v) is 16.2. The second kappa shape index (κ2) is 6.88. The summed E-state index contributed by atoms with van der Waals surface area (Å²) in [5.74, 6) is 1.05. The van der Waals surface area contributed by atoms with Crippen LogP contribution < -0.4 is 0 Å². The van der Waals surface area contributed by atoms with Gasteiger partial charge >= 0.3 is 0 Å². The number of piperazine rings is 1. The van der Waals surface area contributed by atoms with E-state index in [0.29, 0.717) is 6.04 Å². The third kappa shape index (κ3) is 3.60. The summed E-state index contributed by atoms with van der Waals surface area (Å²) in [4.78, 5) is 6.28. The fourth-order valence-electron chi connectivity index (χ4n) is 3.31. The van der Waals surface area contributed by atoms with Crippen LogP contribution in [0.5, 0.6) is 0 Å². The standard InChI is InChI=1S/C16H22ClN5S2/c1-12-18-21(16(23)22(12)13-2-3-13)11-20-8-6-19(7-9-20)10-14-4-5-15(17)24-14/h4-5,13H,2-3,6-11H2,1H3. The average Bonchev–Trinajstić information content (AvgIpc) is 3.24. The van der Waals surface area contributed by atoms with E-state index in [9.17, 15) is 0 Å². The van der Waals surface area contributed by atoms with Crippen molar-refractivity contribution in [2.75, 3.05) is 26.2 Å². The molecule has 0 bridgehead atoms. The van der Waals surface area contributed by atoms with Crippen molar-refractivity contribution in [1.29, 1.82) is 0 Å². The highest BCUT2D eigenvalue weighted by atomic mass is 35.5. The quantitative estimate of drug-likeness (QED) is 0.738. The minimum Gasteiger partial charge on any atom is -0.301 e. The monoisotopic (exact) mass is 383 g/mol. The van der Waals surface area contributed by atoms with E-state index < -0.39 is 0 Å². The van der Waals surface area contributed by atoms with Crippen LogP contribution in [0.1, 0.15) is 29.6 Å². The van der Waals surface area contributed by atoms with Crippen molar-refractivity contribution < 1.29 is 0 Å². The summed E-state index contributed by atoms with van der Waals surface area (Å²) < 4.78 is 5.98. The van der Waals surface area contributed by atoms with E-state index in [1.807, 2.05) is 10.7 Å². The first kappa shape index (κ1) is 16.7. The van der Waals surface area contributed by atoms with Gasteiger partial charge in [-0.2, -0.15) is 5.10 Å². The van der Waals surface area contributed by atoms with Gasteiger partial charge in [0.25, 0.3) is 0 Å². The Balaban J connectivity index is 1.33. The summed E-state index contributed by atoms with van der Waals surface area (Å²) in [6.07, 6.45) is 2.48. The van der Waals surface area contributed by atoms with Crippen LogP contribution in [0.3, 0.4) is 0 Å². The molecule has 0 unspecified atom stereocenters. The molecule has 1 aliphatic heterocycles. The molecule has 0 N–H and O–H groups in total. The van der Waals surface area contributed by atoms with Gasteiger partial charge in [0.05, 0.1) is 11.0 Å². The number of hydrogen-bond donors (Lipinski definition) is 0. The molecule has 1 saturated heterocycles. The Labute approximate surface area is 156 Å². The molecule has 24 heavy (non-hydrogen) atoms. The third-order valence-corrected chi connectivity index (χ3v) is 6.38. The minimum absolute atomic E-state index is 0.598. The number of thiophene rings is 1. The highest BCUT2D eigenvalue weighted by molar-refractivity contribution is 7.71. The van der Waals surface area contributed by atoms with Gasteiger partial charge < -0.3 is 4.57 Å². The highest BCUT2D eigenvalue weighted by Gasteiger charge is 2.27. The molecule has 2 aromatic rings.